The van der Waals surface area contributed by atoms with Gasteiger partial charge in [-0.15, -0.1) is 0 Å². The molecule has 0 saturated heterocycles. The maximum absolute atomic E-state index is 9.35. The Morgan fingerprint density at radius 1 is 0.257 bits per heavy atom. The van der Waals surface area contributed by atoms with Gasteiger partial charge in [0.25, 0.3) is 0 Å². The number of hydrogen-bond acceptors (Lipinski definition) is 2. The standard InChI is InChI=1S/2C36H22O/c1-2-11-24-22-25(21-20-23(24)10-1)34-27-13-3-5-15-29(27)35(30-16-6-4-14-28(30)34)32-18-9-17-31-26-12-7-8-19-33(26)37-36(31)32;1-2-10-24-21-25(18-17-23(24)9-1)35-29-12-3-5-14-31(29)36(32-15-6-4-13-30(32)35)26-19-20-28-27-11-7-8-16-33(27)37-34(28)22-26/h2*1-22H/i1D,2D,3D,4D,5D,6D,10D,11D,13D,14D,15D,16D,20D,21D,22D;1D,2D,3D,4D,5D,6D,9D,10D,12D,13D,14D,15D,17D,18D,21D. The first-order chi connectivity index (χ1) is 49.2. The van der Waals surface area contributed by atoms with Gasteiger partial charge in [0.05, 0.1) is 41.1 Å². The Morgan fingerprint density at radius 3 is 1.16 bits per heavy atom. The van der Waals surface area contributed by atoms with Gasteiger partial charge in [-0.2, -0.15) is 0 Å². The molecule has 0 N–H and O–H groups in total. The maximum atomic E-state index is 9.35. The predicted molar refractivity (Wildman–Crippen MR) is 314 cm³/mol. The van der Waals surface area contributed by atoms with Gasteiger partial charge in [-0.1, -0.05) is 230 Å². The fraction of sp³-hybridized carbons (Fsp3) is 0. The van der Waals surface area contributed by atoms with Crippen LogP contribution in [-0.4, -0.2) is 0 Å². The highest BCUT2D eigenvalue weighted by Crippen LogP contribution is 2.48. The Morgan fingerprint density at radius 2 is 0.649 bits per heavy atom. The predicted octanol–water partition coefficient (Wildman–Crippen LogP) is 20.8. The van der Waals surface area contributed by atoms with Crippen molar-refractivity contribution >= 4 is 109 Å². The smallest absolute Gasteiger partial charge is 0.143 e. The van der Waals surface area contributed by atoms with E-state index in [0.717, 1.165) is 16.2 Å². The summed E-state index contributed by atoms with van der Waals surface area (Å²) in [4.78, 5) is 0. The van der Waals surface area contributed by atoms with Crippen molar-refractivity contribution in [1.29, 1.82) is 0 Å². The number of fused-ring (bicyclic) bond motifs is 12. The van der Waals surface area contributed by atoms with Crippen LogP contribution in [-0.2, 0) is 0 Å². The third-order valence-electron chi connectivity index (χ3n) is 13.1. The molecular weight excluding hydrogens is 897 g/mol. The number of rotatable bonds is 4. The second kappa shape index (κ2) is 16.9. The first-order valence-corrected chi connectivity index (χ1v) is 23.0. The van der Waals surface area contributed by atoms with Gasteiger partial charge < -0.3 is 8.83 Å². The zero-order valence-electron chi connectivity index (χ0n) is 67.9. The summed E-state index contributed by atoms with van der Waals surface area (Å²) < 4.78 is 277. The first kappa shape index (κ1) is 21.9. The van der Waals surface area contributed by atoms with Gasteiger partial charge in [0, 0.05) is 32.7 Å². The lowest BCUT2D eigenvalue weighted by Gasteiger charge is -2.18. The van der Waals surface area contributed by atoms with Crippen LogP contribution >= 0.6 is 0 Å². The summed E-state index contributed by atoms with van der Waals surface area (Å²) >= 11 is 0. The zero-order valence-corrected chi connectivity index (χ0v) is 37.9. The summed E-state index contributed by atoms with van der Waals surface area (Å²) in [5.41, 5.74) is 0.560. The molecule has 0 spiro atoms. The Labute approximate surface area is 468 Å². The van der Waals surface area contributed by atoms with E-state index in [2.05, 4.69) is 0 Å². The van der Waals surface area contributed by atoms with Crippen LogP contribution < -0.4 is 0 Å². The van der Waals surface area contributed by atoms with Crippen molar-refractivity contribution in [2.45, 2.75) is 0 Å². The molecule has 0 fully saturated rings. The zero-order chi connectivity index (χ0) is 74.8. The Balaban J connectivity index is 0.000000167. The second-order valence-corrected chi connectivity index (χ2v) is 17.1. The van der Waals surface area contributed by atoms with Crippen LogP contribution in [0.25, 0.3) is 153 Å². The van der Waals surface area contributed by atoms with Crippen LogP contribution in [0, 0.1) is 0 Å². The molecule has 0 atom stereocenters. The van der Waals surface area contributed by atoms with E-state index in [1.807, 2.05) is 24.3 Å². The molecule has 14 aromatic carbocycles. The lowest BCUT2D eigenvalue weighted by molar-refractivity contribution is 0.669. The van der Waals surface area contributed by atoms with E-state index in [9.17, 15) is 13.7 Å². The molecule has 16 rings (SSSR count). The van der Waals surface area contributed by atoms with E-state index < -0.39 is 214 Å². The molecule has 2 aromatic heterocycles. The Hall–Kier alpha value is -9.76. The molecule has 0 amide bonds. The monoisotopic (exact) mass is 971 g/mol. The van der Waals surface area contributed by atoms with Crippen LogP contribution in [0.15, 0.2) is 275 Å². The molecular formula is C72H44O2. The highest BCUT2D eigenvalue weighted by atomic mass is 16.3. The topological polar surface area (TPSA) is 26.3 Å². The molecule has 2 heteroatoms. The van der Waals surface area contributed by atoms with Crippen molar-refractivity contribution in [1.82, 2.24) is 0 Å². The highest BCUT2D eigenvalue weighted by Gasteiger charge is 2.21. The molecule has 344 valence electrons. The van der Waals surface area contributed by atoms with Crippen LogP contribution in [0.3, 0.4) is 0 Å². The van der Waals surface area contributed by atoms with Crippen molar-refractivity contribution in [3.8, 4) is 44.5 Å². The number of benzene rings is 14. The molecule has 0 aliphatic heterocycles. The maximum Gasteiger partial charge on any atom is 0.143 e. The van der Waals surface area contributed by atoms with Crippen molar-refractivity contribution in [2.75, 3.05) is 0 Å². The number of furan rings is 2. The van der Waals surface area contributed by atoms with Gasteiger partial charge in [0.2, 0.25) is 0 Å². The van der Waals surface area contributed by atoms with Crippen molar-refractivity contribution in [2.24, 2.45) is 0 Å². The third-order valence-corrected chi connectivity index (χ3v) is 13.1. The van der Waals surface area contributed by atoms with E-state index >= 15 is 0 Å². The lowest BCUT2D eigenvalue weighted by atomic mass is 9.85. The summed E-state index contributed by atoms with van der Waals surface area (Å²) in [6.45, 7) is 0. The van der Waals surface area contributed by atoms with E-state index in [0.29, 0.717) is 22.1 Å². The number of hydrogen-bond donors (Lipinski definition) is 0. The molecule has 2 heterocycles. The summed E-state index contributed by atoms with van der Waals surface area (Å²) in [5, 5.41) is -0.768. The summed E-state index contributed by atoms with van der Waals surface area (Å²) in [5.74, 6) is 0. The third kappa shape index (κ3) is 6.66. The average Bonchev–Trinajstić information content (AvgIpc) is 0.704. The van der Waals surface area contributed by atoms with Gasteiger partial charge in [0.15, 0.2) is 0 Å². The molecule has 0 bridgehead atoms. The molecule has 0 saturated carbocycles. The van der Waals surface area contributed by atoms with Gasteiger partial charge in [-0.3, -0.25) is 0 Å². The van der Waals surface area contributed by atoms with E-state index in [-0.39, 0.29) is 82.1 Å². The first-order valence-electron chi connectivity index (χ1n) is 38.0. The van der Waals surface area contributed by atoms with Crippen LogP contribution in [0.2, 0.25) is 0 Å². The van der Waals surface area contributed by atoms with Crippen molar-refractivity contribution < 1.29 is 50.0 Å². The van der Waals surface area contributed by atoms with Gasteiger partial charge in [0.1, 0.15) is 22.3 Å². The summed E-state index contributed by atoms with van der Waals surface area (Å²) in [6, 6.07) is 4.56. The number of para-hydroxylation sites is 3. The lowest BCUT2D eigenvalue weighted by Crippen LogP contribution is -1.91. The Kier molecular flexibility index (Phi) is 5.02. The van der Waals surface area contributed by atoms with Crippen LogP contribution in [0.5, 0.6) is 0 Å². The molecule has 2 nitrogen and oxygen atoms in total. The minimum Gasteiger partial charge on any atom is -0.456 e. The van der Waals surface area contributed by atoms with Gasteiger partial charge >= 0.3 is 0 Å². The fourth-order valence-corrected chi connectivity index (χ4v) is 9.95. The largest absolute Gasteiger partial charge is 0.456 e. The fourth-order valence-electron chi connectivity index (χ4n) is 9.95. The van der Waals surface area contributed by atoms with E-state index in [1.165, 1.54) is 0 Å². The molecule has 0 aliphatic rings. The van der Waals surface area contributed by atoms with E-state index in [1.54, 1.807) is 60.7 Å². The summed E-state index contributed by atoms with van der Waals surface area (Å²) in [7, 11) is 0. The van der Waals surface area contributed by atoms with Gasteiger partial charge in [-0.25, -0.2) is 0 Å². The molecule has 0 radical (unpaired) electrons. The normalized spacial score (nSPS) is 17.5. The van der Waals surface area contributed by atoms with Crippen molar-refractivity contribution in [3.05, 3.63) is 266 Å². The average molecular weight is 971 g/mol. The van der Waals surface area contributed by atoms with Crippen LogP contribution in [0.4, 0.5) is 0 Å². The molecule has 74 heavy (non-hydrogen) atoms. The molecule has 16 aromatic rings. The minimum atomic E-state index is -0.739. The summed E-state index contributed by atoms with van der Waals surface area (Å²) in [6.07, 6.45) is 0. The highest BCUT2D eigenvalue weighted by molar-refractivity contribution is 6.25. The van der Waals surface area contributed by atoms with E-state index in [4.69, 9.17) is 36.2 Å². The van der Waals surface area contributed by atoms with Crippen molar-refractivity contribution in [3.63, 3.8) is 0 Å². The second-order valence-electron chi connectivity index (χ2n) is 17.1. The molecule has 0 aliphatic carbocycles. The quantitative estimate of drug-likeness (QED) is 0.164. The Bertz CT molecular complexity index is 6570. The minimum absolute atomic E-state index is 0.00993. The van der Waals surface area contributed by atoms with Gasteiger partial charge in [-0.05, 0) is 134 Å². The van der Waals surface area contributed by atoms with Crippen LogP contribution in [0.1, 0.15) is 41.1 Å². The SMILES string of the molecule is [2H]c1c([2H])c([2H])c2c([2H])c(-c3c4c([2H])c([2H])c([2H])c([2H])c4c(-c4ccc5c(c4)oc4ccccc45)c4c([2H])c([2H])c([2H])c([2H])c34)c([2H])c([2H])c2c1[2H].[2H]c1c([2H])c([2H])c2c([2H])c(-c3c4c([2H])c([2H])c([2H])c([2H])c4c(-c4cccc5c4oc4ccccc45)c4c([2H])c([2H])c([2H])c([2H])c34)c([2H])c([2H])c2c1[2H]. The molecule has 0 unspecified atom stereocenters.